The quantitative estimate of drug-likeness (QED) is 0.870. The lowest BCUT2D eigenvalue weighted by Crippen LogP contribution is -2.58. The molecule has 5 nitrogen and oxygen atoms in total. The van der Waals surface area contributed by atoms with Crippen molar-refractivity contribution in [2.45, 2.75) is 64.6 Å². The molecular formula is C21H31N3O2. The number of aryl methyl sites for hydroxylation is 1. The molecule has 1 spiro atoms. The van der Waals surface area contributed by atoms with E-state index in [1.165, 1.54) is 11.1 Å². The second-order valence-corrected chi connectivity index (χ2v) is 8.35. The number of benzene rings is 1. The minimum Gasteiger partial charge on any atom is -0.342 e. The Balaban J connectivity index is 1.64. The van der Waals surface area contributed by atoms with Crippen LogP contribution in [0.5, 0.6) is 0 Å². The van der Waals surface area contributed by atoms with E-state index in [1.807, 2.05) is 30.9 Å². The Kier molecular flexibility index (Phi) is 5.11. The number of nitrogens with one attached hydrogen (secondary N) is 2. The fourth-order valence-electron chi connectivity index (χ4n) is 4.32. The van der Waals surface area contributed by atoms with Crippen LogP contribution in [-0.2, 0) is 16.0 Å². The number of piperidine rings is 1. The highest BCUT2D eigenvalue weighted by Crippen LogP contribution is 2.30. The number of likely N-dealkylation sites (tertiary alicyclic amines) is 1. The molecule has 1 aromatic carbocycles. The van der Waals surface area contributed by atoms with Gasteiger partial charge in [-0.15, -0.1) is 0 Å². The first-order valence-corrected chi connectivity index (χ1v) is 9.71. The van der Waals surface area contributed by atoms with Gasteiger partial charge in [-0.3, -0.25) is 14.9 Å². The summed E-state index contributed by atoms with van der Waals surface area (Å²) in [6, 6.07) is 8.29. The molecule has 2 saturated heterocycles. The second kappa shape index (κ2) is 7.03. The third-order valence-corrected chi connectivity index (χ3v) is 5.91. The summed E-state index contributed by atoms with van der Waals surface area (Å²) in [5.41, 5.74) is 1.60. The fraction of sp³-hybridized carbons (Fsp3) is 0.619. The summed E-state index contributed by atoms with van der Waals surface area (Å²) in [6.45, 7) is 9.42. The molecule has 0 aliphatic carbocycles. The third-order valence-electron chi connectivity index (χ3n) is 5.91. The van der Waals surface area contributed by atoms with Crippen LogP contribution in [0.4, 0.5) is 0 Å². The van der Waals surface area contributed by atoms with Crippen LogP contribution >= 0.6 is 0 Å². The van der Waals surface area contributed by atoms with Crippen molar-refractivity contribution in [2.75, 3.05) is 13.1 Å². The van der Waals surface area contributed by atoms with Crippen LogP contribution in [0.25, 0.3) is 0 Å². The van der Waals surface area contributed by atoms with Gasteiger partial charge in [-0.1, -0.05) is 31.2 Å². The van der Waals surface area contributed by atoms with E-state index in [9.17, 15) is 9.59 Å². The maximum Gasteiger partial charge on any atom is 0.241 e. The summed E-state index contributed by atoms with van der Waals surface area (Å²) in [5.74, 6) is 0.303. The number of rotatable bonds is 4. The van der Waals surface area contributed by atoms with Gasteiger partial charge in [-0.2, -0.15) is 0 Å². The molecule has 2 aliphatic rings. The minimum absolute atomic E-state index is 0.00644. The molecule has 2 fully saturated rings. The van der Waals surface area contributed by atoms with Crippen LogP contribution in [0.2, 0.25) is 0 Å². The van der Waals surface area contributed by atoms with Crippen molar-refractivity contribution in [1.29, 1.82) is 0 Å². The van der Waals surface area contributed by atoms with E-state index in [0.717, 1.165) is 12.8 Å². The molecule has 5 heteroatoms. The summed E-state index contributed by atoms with van der Waals surface area (Å²) in [4.78, 5) is 27.5. The van der Waals surface area contributed by atoms with Crippen molar-refractivity contribution in [1.82, 2.24) is 15.5 Å². The average Bonchev–Trinajstić information content (AvgIpc) is 2.82. The topological polar surface area (TPSA) is 61.4 Å². The molecule has 3 rings (SSSR count). The molecule has 1 atom stereocenters. The van der Waals surface area contributed by atoms with Crippen molar-refractivity contribution in [3.8, 4) is 0 Å². The van der Waals surface area contributed by atoms with Crippen LogP contribution < -0.4 is 10.6 Å². The average molecular weight is 357 g/mol. The van der Waals surface area contributed by atoms with E-state index in [4.69, 9.17) is 0 Å². The van der Waals surface area contributed by atoms with Crippen molar-refractivity contribution in [2.24, 2.45) is 5.92 Å². The van der Waals surface area contributed by atoms with Gasteiger partial charge in [-0.25, -0.2) is 0 Å². The van der Waals surface area contributed by atoms with Crippen molar-refractivity contribution in [3.05, 3.63) is 35.4 Å². The standard InChI is InChI=1S/C21H31N3O2/c1-5-16(14-17-9-7-6-8-15(17)2)18(25)24-12-10-21(11-13-24)19(26)22-20(3,4)23-21/h6-9,16,23H,5,10-14H2,1-4H3,(H,22,26). The Bertz CT molecular complexity index is 690. The molecule has 142 valence electrons. The van der Waals surface area contributed by atoms with E-state index in [2.05, 4.69) is 36.6 Å². The van der Waals surface area contributed by atoms with Crippen molar-refractivity contribution < 1.29 is 9.59 Å². The van der Waals surface area contributed by atoms with Crippen LogP contribution in [0.3, 0.4) is 0 Å². The zero-order valence-electron chi connectivity index (χ0n) is 16.4. The maximum absolute atomic E-state index is 13.1. The number of carbonyl (C=O) groups excluding carboxylic acids is 2. The molecule has 26 heavy (non-hydrogen) atoms. The highest BCUT2D eigenvalue weighted by molar-refractivity contribution is 5.90. The highest BCUT2D eigenvalue weighted by Gasteiger charge is 2.51. The number of nitrogens with zero attached hydrogens (tertiary/aromatic N) is 1. The Morgan fingerprint density at radius 3 is 2.42 bits per heavy atom. The monoisotopic (exact) mass is 357 g/mol. The van der Waals surface area contributed by atoms with Gasteiger partial charge >= 0.3 is 0 Å². The molecule has 2 aliphatic heterocycles. The van der Waals surface area contributed by atoms with E-state index >= 15 is 0 Å². The fourth-order valence-corrected chi connectivity index (χ4v) is 4.32. The smallest absolute Gasteiger partial charge is 0.241 e. The number of hydrogen-bond donors (Lipinski definition) is 2. The first-order valence-electron chi connectivity index (χ1n) is 9.71. The van der Waals surface area contributed by atoms with Gasteiger partial charge in [0.25, 0.3) is 0 Å². The Hall–Kier alpha value is -1.88. The number of hydrogen-bond acceptors (Lipinski definition) is 3. The predicted octanol–water partition coefficient (Wildman–Crippen LogP) is 2.38. The lowest BCUT2D eigenvalue weighted by Gasteiger charge is -2.39. The SMILES string of the molecule is CCC(Cc1ccccc1C)C(=O)N1CCC2(CC1)NC(C)(C)NC2=O. The number of amides is 2. The molecule has 0 radical (unpaired) electrons. The third kappa shape index (κ3) is 3.63. The Morgan fingerprint density at radius 1 is 1.23 bits per heavy atom. The predicted molar refractivity (Wildman–Crippen MR) is 103 cm³/mol. The largest absolute Gasteiger partial charge is 0.342 e. The summed E-state index contributed by atoms with van der Waals surface area (Å²) in [7, 11) is 0. The van der Waals surface area contributed by atoms with Gasteiger partial charge in [0, 0.05) is 19.0 Å². The number of carbonyl (C=O) groups is 2. The lowest BCUT2D eigenvalue weighted by atomic mass is 9.86. The molecule has 2 amide bonds. The zero-order chi connectivity index (χ0) is 18.9. The molecule has 1 unspecified atom stereocenters. The van der Waals surface area contributed by atoms with Crippen LogP contribution in [-0.4, -0.2) is 41.0 Å². The van der Waals surface area contributed by atoms with Gasteiger partial charge in [0.2, 0.25) is 11.8 Å². The molecule has 0 saturated carbocycles. The summed E-state index contributed by atoms with van der Waals surface area (Å²) < 4.78 is 0. The normalized spacial score (nSPS) is 22.3. The van der Waals surface area contributed by atoms with Crippen LogP contribution in [0, 0.1) is 12.8 Å². The van der Waals surface area contributed by atoms with E-state index in [0.29, 0.717) is 25.9 Å². The highest BCUT2D eigenvalue weighted by atomic mass is 16.2. The molecular weight excluding hydrogens is 326 g/mol. The Morgan fingerprint density at radius 2 is 1.88 bits per heavy atom. The first-order chi connectivity index (χ1) is 12.3. The van der Waals surface area contributed by atoms with E-state index in [1.54, 1.807) is 0 Å². The molecule has 2 N–H and O–H groups in total. The first kappa shape index (κ1) is 18.9. The van der Waals surface area contributed by atoms with Crippen molar-refractivity contribution >= 4 is 11.8 Å². The zero-order valence-corrected chi connectivity index (χ0v) is 16.4. The van der Waals surface area contributed by atoms with Gasteiger partial charge in [0.1, 0.15) is 5.54 Å². The molecule has 2 heterocycles. The van der Waals surface area contributed by atoms with E-state index < -0.39 is 5.54 Å². The Labute approximate surface area is 156 Å². The summed E-state index contributed by atoms with van der Waals surface area (Å²) in [6.07, 6.45) is 2.97. The summed E-state index contributed by atoms with van der Waals surface area (Å²) in [5, 5.41) is 6.46. The molecule has 0 bridgehead atoms. The summed E-state index contributed by atoms with van der Waals surface area (Å²) >= 11 is 0. The molecule has 0 aromatic heterocycles. The second-order valence-electron chi connectivity index (χ2n) is 8.35. The molecule has 1 aromatic rings. The van der Waals surface area contributed by atoms with Gasteiger partial charge in [0.05, 0.1) is 5.66 Å². The van der Waals surface area contributed by atoms with Crippen LogP contribution in [0.15, 0.2) is 24.3 Å². The lowest BCUT2D eigenvalue weighted by molar-refractivity contribution is -0.139. The van der Waals surface area contributed by atoms with Crippen LogP contribution in [0.1, 0.15) is 51.2 Å². The van der Waals surface area contributed by atoms with Gasteiger partial charge in [-0.05, 0) is 57.6 Å². The minimum atomic E-state index is -0.516. The van der Waals surface area contributed by atoms with Gasteiger partial charge < -0.3 is 10.2 Å². The van der Waals surface area contributed by atoms with Gasteiger partial charge in [0.15, 0.2) is 0 Å². The van der Waals surface area contributed by atoms with E-state index in [-0.39, 0.29) is 23.4 Å². The van der Waals surface area contributed by atoms with Crippen molar-refractivity contribution in [3.63, 3.8) is 0 Å². The maximum atomic E-state index is 13.1.